The Morgan fingerprint density at radius 3 is 2.68 bits per heavy atom. The van der Waals surface area contributed by atoms with Crippen LogP contribution in [-0.2, 0) is 6.42 Å². The molecule has 1 atom stereocenters. The van der Waals surface area contributed by atoms with Crippen LogP contribution in [0.3, 0.4) is 0 Å². The van der Waals surface area contributed by atoms with Gasteiger partial charge in [-0.15, -0.1) is 0 Å². The Morgan fingerprint density at radius 1 is 1.32 bits per heavy atom. The number of aliphatic hydroxyl groups is 1. The van der Waals surface area contributed by atoms with Gasteiger partial charge in [-0.2, -0.15) is 11.8 Å². The summed E-state index contributed by atoms with van der Waals surface area (Å²) < 4.78 is 27.6. The fraction of sp³-hybridized carbons (Fsp3) is 0.571. The minimum absolute atomic E-state index is 0.0212. The summed E-state index contributed by atoms with van der Waals surface area (Å²) in [6.45, 7) is 0. The van der Waals surface area contributed by atoms with Crippen LogP contribution in [0.2, 0.25) is 0 Å². The highest BCUT2D eigenvalue weighted by atomic mass is 79.9. The van der Waals surface area contributed by atoms with E-state index in [1.165, 1.54) is 12.1 Å². The second-order valence-corrected chi connectivity index (χ2v) is 7.05. The van der Waals surface area contributed by atoms with E-state index in [0.29, 0.717) is 12.3 Å². The first-order valence-electron chi connectivity index (χ1n) is 6.46. The molecule has 0 bridgehead atoms. The van der Waals surface area contributed by atoms with Crippen LogP contribution in [-0.4, -0.2) is 22.7 Å². The van der Waals surface area contributed by atoms with Gasteiger partial charge in [-0.1, -0.05) is 0 Å². The van der Waals surface area contributed by atoms with Gasteiger partial charge in [0.05, 0.1) is 10.6 Å². The van der Waals surface area contributed by atoms with E-state index < -0.39 is 17.7 Å². The molecule has 1 aromatic rings. The highest BCUT2D eigenvalue weighted by Crippen LogP contribution is 2.28. The van der Waals surface area contributed by atoms with Crippen molar-refractivity contribution in [2.24, 2.45) is 5.92 Å². The maximum atomic E-state index is 13.8. The molecule has 1 nitrogen and oxygen atoms in total. The van der Waals surface area contributed by atoms with E-state index in [-0.39, 0.29) is 16.5 Å². The molecule has 5 heteroatoms. The third-order valence-corrected chi connectivity index (χ3v) is 5.19. The molecule has 1 fully saturated rings. The predicted molar refractivity (Wildman–Crippen MR) is 78.4 cm³/mol. The van der Waals surface area contributed by atoms with Gasteiger partial charge >= 0.3 is 0 Å². The van der Waals surface area contributed by atoms with Crippen LogP contribution in [0.4, 0.5) is 8.78 Å². The van der Waals surface area contributed by atoms with Crippen LogP contribution < -0.4 is 0 Å². The van der Waals surface area contributed by atoms with Crippen molar-refractivity contribution in [2.45, 2.75) is 31.8 Å². The average Bonchev–Trinajstić information content (AvgIpc) is 2.40. The first kappa shape index (κ1) is 15.3. The van der Waals surface area contributed by atoms with Gasteiger partial charge in [0.25, 0.3) is 0 Å². The third-order valence-electron chi connectivity index (χ3n) is 3.52. The molecule has 0 aliphatic carbocycles. The maximum absolute atomic E-state index is 13.8. The van der Waals surface area contributed by atoms with Gasteiger partial charge in [-0.3, -0.25) is 0 Å². The molecular formula is C14H17BrF2OS. The van der Waals surface area contributed by atoms with Crippen molar-refractivity contribution < 1.29 is 13.9 Å². The summed E-state index contributed by atoms with van der Waals surface area (Å²) >= 11 is 4.97. The molecule has 1 aromatic carbocycles. The van der Waals surface area contributed by atoms with E-state index in [9.17, 15) is 13.9 Å². The Kier molecular flexibility index (Phi) is 5.66. The molecule has 1 aliphatic heterocycles. The van der Waals surface area contributed by atoms with Crippen molar-refractivity contribution in [3.05, 3.63) is 33.8 Å². The van der Waals surface area contributed by atoms with Crippen LogP contribution in [0, 0.1) is 17.6 Å². The van der Waals surface area contributed by atoms with E-state index in [2.05, 4.69) is 15.9 Å². The molecule has 106 valence electrons. The monoisotopic (exact) mass is 350 g/mol. The number of aliphatic hydroxyl groups excluding tert-OH is 1. The van der Waals surface area contributed by atoms with Crippen molar-refractivity contribution in [3.63, 3.8) is 0 Å². The lowest BCUT2D eigenvalue weighted by Gasteiger charge is -2.24. The zero-order chi connectivity index (χ0) is 13.8. The van der Waals surface area contributed by atoms with E-state index >= 15 is 0 Å². The number of hydrogen-bond acceptors (Lipinski definition) is 2. The standard InChI is InChI=1S/C14H17BrF2OS/c15-12-1-2-13(16)11(14(12)17)8-10(18)7-9-3-5-19-6-4-9/h1-2,9-10,18H,3-8H2. The Bertz CT molecular complexity index is 436. The van der Waals surface area contributed by atoms with E-state index in [4.69, 9.17) is 0 Å². The van der Waals surface area contributed by atoms with Gasteiger partial charge in [0, 0.05) is 12.0 Å². The third kappa shape index (κ3) is 4.17. The van der Waals surface area contributed by atoms with Crippen LogP contribution in [0.1, 0.15) is 24.8 Å². The van der Waals surface area contributed by atoms with Crippen molar-refractivity contribution >= 4 is 27.7 Å². The zero-order valence-electron chi connectivity index (χ0n) is 10.5. The number of rotatable bonds is 4. The predicted octanol–water partition coefficient (Wildman–Crippen LogP) is 4.16. The van der Waals surface area contributed by atoms with Gasteiger partial charge in [0.2, 0.25) is 0 Å². The lowest BCUT2D eigenvalue weighted by Crippen LogP contribution is -2.20. The normalized spacial score (nSPS) is 18.5. The van der Waals surface area contributed by atoms with E-state index in [1.54, 1.807) is 0 Å². The highest BCUT2D eigenvalue weighted by Gasteiger charge is 2.21. The number of halogens is 3. The molecular weight excluding hydrogens is 334 g/mol. The summed E-state index contributed by atoms with van der Waals surface area (Å²) in [5.41, 5.74) is -0.0212. The summed E-state index contributed by atoms with van der Waals surface area (Å²) in [5, 5.41) is 10.0. The minimum atomic E-state index is -0.675. The fourth-order valence-electron chi connectivity index (χ4n) is 2.44. The first-order chi connectivity index (χ1) is 9.08. The number of benzene rings is 1. The van der Waals surface area contributed by atoms with Gasteiger partial charge in [-0.25, -0.2) is 8.78 Å². The van der Waals surface area contributed by atoms with E-state index in [0.717, 1.165) is 24.3 Å². The molecule has 1 unspecified atom stereocenters. The smallest absolute Gasteiger partial charge is 0.143 e. The molecule has 2 rings (SSSR count). The molecule has 0 amide bonds. The molecule has 1 aliphatic rings. The first-order valence-corrected chi connectivity index (χ1v) is 8.41. The summed E-state index contributed by atoms with van der Waals surface area (Å²) in [6, 6.07) is 2.57. The Morgan fingerprint density at radius 2 is 2.00 bits per heavy atom. The molecule has 1 heterocycles. The van der Waals surface area contributed by atoms with Crippen LogP contribution in [0.5, 0.6) is 0 Å². The van der Waals surface area contributed by atoms with Gasteiger partial charge in [-0.05, 0) is 64.7 Å². The quantitative estimate of drug-likeness (QED) is 0.822. The molecule has 19 heavy (non-hydrogen) atoms. The molecule has 0 aromatic heterocycles. The Labute approximate surface area is 124 Å². The second-order valence-electron chi connectivity index (χ2n) is 4.97. The van der Waals surface area contributed by atoms with Gasteiger partial charge in [0.15, 0.2) is 0 Å². The minimum Gasteiger partial charge on any atom is -0.393 e. The van der Waals surface area contributed by atoms with Crippen LogP contribution in [0.25, 0.3) is 0 Å². The number of hydrogen-bond donors (Lipinski definition) is 1. The topological polar surface area (TPSA) is 20.2 Å². The Balaban J connectivity index is 1.98. The molecule has 0 saturated carbocycles. The molecule has 1 N–H and O–H groups in total. The largest absolute Gasteiger partial charge is 0.393 e. The summed E-state index contributed by atoms with van der Waals surface area (Å²) in [4.78, 5) is 0. The highest BCUT2D eigenvalue weighted by molar-refractivity contribution is 9.10. The van der Waals surface area contributed by atoms with Crippen molar-refractivity contribution in [1.29, 1.82) is 0 Å². The van der Waals surface area contributed by atoms with Gasteiger partial charge in [0.1, 0.15) is 11.6 Å². The summed E-state index contributed by atoms with van der Waals surface area (Å²) in [5.74, 6) is 1.54. The fourth-order valence-corrected chi connectivity index (χ4v) is 4.02. The Hall–Kier alpha value is -0.130. The zero-order valence-corrected chi connectivity index (χ0v) is 12.9. The summed E-state index contributed by atoms with van der Waals surface area (Å²) in [6.07, 6.45) is 2.18. The molecule has 0 radical (unpaired) electrons. The second kappa shape index (κ2) is 7.04. The maximum Gasteiger partial charge on any atom is 0.143 e. The van der Waals surface area contributed by atoms with Crippen LogP contribution in [0.15, 0.2) is 16.6 Å². The van der Waals surface area contributed by atoms with Crippen LogP contribution >= 0.6 is 27.7 Å². The SMILES string of the molecule is OC(Cc1c(F)ccc(Br)c1F)CC1CCSCC1. The van der Waals surface area contributed by atoms with Gasteiger partial charge < -0.3 is 5.11 Å². The van der Waals surface area contributed by atoms with Crippen molar-refractivity contribution in [3.8, 4) is 0 Å². The molecule has 0 spiro atoms. The lowest BCUT2D eigenvalue weighted by molar-refractivity contribution is 0.137. The summed E-state index contributed by atoms with van der Waals surface area (Å²) in [7, 11) is 0. The average molecular weight is 351 g/mol. The van der Waals surface area contributed by atoms with Crippen molar-refractivity contribution in [1.82, 2.24) is 0 Å². The lowest BCUT2D eigenvalue weighted by atomic mass is 9.92. The van der Waals surface area contributed by atoms with E-state index in [1.807, 2.05) is 11.8 Å². The number of thioether (sulfide) groups is 1. The van der Waals surface area contributed by atoms with Crippen molar-refractivity contribution in [2.75, 3.05) is 11.5 Å². The molecule has 1 saturated heterocycles.